The van der Waals surface area contributed by atoms with Gasteiger partial charge in [0.25, 0.3) is 5.91 Å². The van der Waals surface area contributed by atoms with Crippen LogP contribution in [0.15, 0.2) is 144 Å². The first-order valence-corrected chi connectivity index (χ1v) is 41.1. The molecular weight excluding hydrogens is 1550 g/mol. The van der Waals surface area contributed by atoms with Gasteiger partial charge in [-0.05, 0) is 129 Å². The highest BCUT2D eigenvalue weighted by Gasteiger charge is 2.54. The molecule has 1 aromatic carbocycles. The van der Waals surface area contributed by atoms with Crippen molar-refractivity contribution in [2.45, 2.75) is 229 Å². The number of nitrogens with one attached hydrogen (secondary N) is 5. The maximum Gasteiger partial charge on any atom is 0.251 e. The Balaban J connectivity index is 0.694. The maximum absolute atomic E-state index is 14.4. The number of carbonyl (C=O) groups excluding carboxylic acids is 2. The standard InChI is InChI=1S/C80H106N10O24S2/c1-8-10-11-12-17-108-37(7)58-35(5)48-24-47-34(4)44(60(87-47)45-23-52(95)59-36(6)49(88-61(45)59)25-50-43(9-2)33(3)46(85-50)26-51(58)86-48)13-14-57(96)81-15-16-82-74(107)40-19-38(21-41-27-83-79(115-41)89-75-68(103)66(101)72(55(31-93)109-75)113-77-70(105)64(99)62(97)53(29-91)111-77)18-39(20-40)22-42-28-84-80(116-42)90-76-69(104)67(102)73(56(32-94)110-76)114-78-71(106)65(100)63(98)54(30-92)112-78/h18-22,24-26,34,37,44,53-56,62-73,75-78,87,91-95,97-106H,8-17,23,27-32H2,1-7H3,(H,81,96)(H,82,107)(H,83,89)(H,84,90)/b41-21-,42-22-,47-24?,50-25?,51-26?,60-45?/t34-,37?,44-,53+,54+,55+,56+,62-,63-,64-,65-,66+,67+,68+,69+,70+,71+,72+,73+,75+,76+,77-,78-/m0/s1. The molecule has 36 heteroatoms. The summed E-state index contributed by atoms with van der Waals surface area (Å²) in [5.41, 5.74) is 14.1. The highest BCUT2D eigenvalue weighted by Crippen LogP contribution is 2.48. The second kappa shape index (κ2) is 37.7. The first-order valence-electron chi connectivity index (χ1n) is 39.5. The predicted molar refractivity (Wildman–Crippen MR) is 427 cm³/mol. The maximum atomic E-state index is 14.4. The van der Waals surface area contributed by atoms with Crippen molar-refractivity contribution >= 4 is 75.0 Å². The van der Waals surface area contributed by atoms with Crippen LogP contribution in [0.3, 0.4) is 0 Å². The van der Waals surface area contributed by atoms with E-state index in [2.05, 4.69) is 90.3 Å². The summed E-state index contributed by atoms with van der Waals surface area (Å²) in [6.45, 7) is 12.5. The highest BCUT2D eigenvalue weighted by molar-refractivity contribution is 8.17. The van der Waals surface area contributed by atoms with Crippen molar-refractivity contribution in [3.05, 3.63) is 136 Å². The predicted octanol–water partition coefficient (Wildman–Crippen LogP) is 0.285. The fraction of sp³-hybridized carbons (Fsp3) is 0.588. The zero-order chi connectivity index (χ0) is 82.8. The van der Waals surface area contributed by atoms with Gasteiger partial charge >= 0.3 is 0 Å². The second-order valence-corrected chi connectivity index (χ2v) is 32.9. The van der Waals surface area contributed by atoms with E-state index in [1.807, 2.05) is 13.0 Å². The van der Waals surface area contributed by atoms with E-state index >= 15 is 0 Å². The van der Waals surface area contributed by atoms with Gasteiger partial charge in [0.2, 0.25) is 5.91 Å². The summed E-state index contributed by atoms with van der Waals surface area (Å²) in [6.07, 6.45) is -17.3. The van der Waals surface area contributed by atoms with Crippen molar-refractivity contribution in [1.82, 2.24) is 26.6 Å². The van der Waals surface area contributed by atoms with Crippen molar-refractivity contribution in [3.63, 3.8) is 0 Å². The van der Waals surface area contributed by atoms with Crippen LogP contribution >= 0.6 is 23.5 Å². The molecule has 632 valence electrons. The normalized spacial score (nSPS) is 34.8. The van der Waals surface area contributed by atoms with E-state index in [9.17, 15) is 86.2 Å². The monoisotopic (exact) mass is 1650 g/mol. The van der Waals surface area contributed by atoms with Gasteiger partial charge in [0.15, 0.2) is 35.4 Å². The molecule has 116 heavy (non-hydrogen) atoms. The molecular formula is C80H106N10O24S2. The van der Waals surface area contributed by atoms with Crippen molar-refractivity contribution in [2.24, 2.45) is 36.8 Å². The molecule has 1 unspecified atom stereocenters. The van der Waals surface area contributed by atoms with E-state index in [1.165, 1.54) is 0 Å². The first kappa shape index (κ1) is 86.8. The van der Waals surface area contributed by atoms with Gasteiger partial charge in [-0.1, -0.05) is 63.6 Å². The first-order chi connectivity index (χ1) is 55.6. The molecule has 20 N–H and O–H groups in total. The summed E-state index contributed by atoms with van der Waals surface area (Å²) in [4.78, 5) is 54.8. The summed E-state index contributed by atoms with van der Waals surface area (Å²) in [5, 5.41) is 176. The molecule has 1 aromatic rings. The van der Waals surface area contributed by atoms with Gasteiger partial charge in [0.1, 0.15) is 103 Å². The Morgan fingerprint density at radius 2 is 1.18 bits per heavy atom. The number of amidine groups is 2. The van der Waals surface area contributed by atoms with Crippen LogP contribution in [0, 0.1) is 11.8 Å². The minimum Gasteiger partial charge on any atom is -0.511 e. The zero-order valence-electron chi connectivity index (χ0n) is 65.4. The van der Waals surface area contributed by atoms with Gasteiger partial charge < -0.3 is 136 Å². The molecule has 11 aliphatic heterocycles. The number of nitrogens with zero attached hydrogens (tertiary/aromatic N) is 5. The van der Waals surface area contributed by atoms with Crippen LogP contribution < -0.4 is 26.6 Å². The van der Waals surface area contributed by atoms with Crippen molar-refractivity contribution < 1.29 is 119 Å². The summed E-state index contributed by atoms with van der Waals surface area (Å²) in [7, 11) is 0. The minimum atomic E-state index is -1.86. The average molecular weight is 1660 g/mol. The topological polar surface area (TPSA) is 524 Å². The quantitative estimate of drug-likeness (QED) is 0.0526. The number of thioether (sulfide) groups is 2. The third-order valence-electron chi connectivity index (χ3n) is 22.9. The van der Waals surface area contributed by atoms with E-state index in [-0.39, 0.29) is 84.5 Å². The number of hydrogen-bond donors (Lipinski definition) is 20. The lowest BCUT2D eigenvalue weighted by Gasteiger charge is -2.46. The number of amides is 2. The van der Waals surface area contributed by atoms with E-state index < -0.39 is 155 Å². The van der Waals surface area contributed by atoms with Crippen LogP contribution in [0.25, 0.3) is 12.2 Å². The minimum absolute atomic E-state index is 0.0202. The Bertz CT molecular complexity index is 4280. The fourth-order valence-electron chi connectivity index (χ4n) is 16.3. The summed E-state index contributed by atoms with van der Waals surface area (Å²) < 4.78 is 40.8. The van der Waals surface area contributed by atoms with E-state index in [0.29, 0.717) is 50.9 Å². The largest absolute Gasteiger partial charge is 0.511 e. The van der Waals surface area contributed by atoms with Crippen LogP contribution in [0.4, 0.5) is 0 Å². The number of hydrogen-bond acceptors (Lipinski definition) is 34. The van der Waals surface area contributed by atoms with Crippen LogP contribution in [0.2, 0.25) is 0 Å². The molecule has 1 aliphatic carbocycles. The van der Waals surface area contributed by atoms with Gasteiger partial charge in [-0.3, -0.25) is 19.6 Å². The Morgan fingerprint density at radius 1 is 0.629 bits per heavy atom. The van der Waals surface area contributed by atoms with Crippen molar-refractivity contribution in [1.29, 1.82) is 0 Å². The van der Waals surface area contributed by atoms with Gasteiger partial charge in [0, 0.05) is 87.9 Å². The molecule has 0 radical (unpaired) electrons. The zero-order valence-corrected chi connectivity index (χ0v) is 67.0. The number of aliphatic hydroxyl groups excluding tert-OH is 15. The third kappa shape index (κ3) is 18.3. The fourth-order valence-corrected chi connectivity index (χ4v) is 18.1. The van der Waals surface area contributed by atoms with Crippen molar-refractivity contribution in [3.8, 4) is 0 Å². The molecule has 8 bridgehead atoms. The number of unbranched alkanes of at least 4 members (excludes halogenated alkanes) is 3. The Hall–Kier alpha value is -7.03. The number of aliphatic hydroxyl groups is 15. The summed E-state index contributed by atoms with van der Waals surface area (Å²) in [5.74, 6) is -0.904. The Morgan fingerprint density at radius 3 is 1.73 bits per heavy atom. The van der Waals surface area contributed by atoms with Gasteiger partial charge in [-0.25, -0.2) is 15.0 Å². The number of aliphatic imine (C=N–C) groups is 5. The Labute approximate surface area is 678 Å². The average Bonchev–Trinajstić information content (AvgIpc) is 1.57. The number of ether oxygens (including phenoxy) is 7. The summed E-state index contributed by atoms with van der Waals surface area (Å²) >= 11 is 2.27. The molecule has 13 rings (SSSR count). The van der Waals surface area contributed by atoms with Gasteiger partial charge in [0.05, 0.1) is 79.8 Å². The molecule has 0 aromatic heterocycles. The Kier molecular flexibility index (Phi) is 28.2. The number of fused-ring (bicyclic) bond motifs is 5. The second-order valence-electron chi connectivity index (χ2n) is 30.7. The smallest absolute Gasteiger partial charge is 0.251 e. The molecule has 11 heterocycles. The SMILES string of the molecule is CCCCCCOC(C)C1=C(C)C2=NC1=CC1=NC(=CC3=C(C)C4=C(O)CC(=C5NC(=C2)[C@@H](C)[C@@H]5CCC(=O)NCCNC(=O)c2cc(/C=C5/CN=C(N[C@@H]6O[C@H](CO)[C@@H](O[C@@H]7O[C@H](CO)[C@H](O)[C@H](O)[C@H]7O)[C@H](O)[C@H]6O)S5)cc(/C=C5/CN=C(N[C@@H]6O[C@H](CO)[C@@H](O[C@@H]7O[C@H](CO)[C@H](O)[C@H](O)[C@H]7O)[C@H](O)[C@H]6O)S5)c2)C4=N3)C(CC)=C1C. The third-order valence-corrected chi connectivity index (χ3v) is 24.8. The van der Waals surface area contributed by atoms with Gasteiger partial charge in [-0.15, -0.1) is 0 Å². The lowest BCUT2D eigenvalue weighted by atomic mass is 9.86. The van der Waals surface area contributed by atoms with Crippen LogP contribution in [-0.2, 0) is 38.0 Å². The van der Waals surface area contributed by atoms with E-state index in [1.54, 1.807) is 30.4 Å². The molecule has 23 atom stereocenters. The molecule has 0 saturated carbocycles. The lowest BCUT2D eigenvalue weighted by Crippen LogP contribution is -2.66. The van der Waals surface area contributed by atoms with E-state index in [0.717, 1.165) is 123 Å². The van der Waals surface area contributed by atoms with Crippen molar-refractivity contribution in [2.75, 3.05) is 59.2 Å². The molecule has 12 aliphatic rings. The summed E-state index contributed by atoms with van der Waals surface area (Å²) in [6, 6.07) is 5.10. The molecule has 34 nitrogen and oxygen atoms in total. The number of allylic oxidation sites excluding steroid dienone is 11. The number of rotatable bonds is 27. The van der Waals surface area contributed by atoms with E-state index in [4.69, 9.17) is 48.1 Å². The highest BCUT2D eigenvalue weighted by atomic mass is 32.2. The van der Waals surface area contributed by atoms with Crippen LogP contribution in [0.5, 0.6) is 0 Å². The van der Waals surface area contributed by atoms with Gasteiger partial charge in [-0.2, -0.15) is 0 Å². The number of benzene rings is 1. The lowest BCUT2D eigenvalue weighted by molar-refractivity contribution is -0.342. The molecule has 0 spiro atoms. The van der Waals surface area contributed by atoms with Crippen LogP contribution in [-0.4, -0.2) is 304 Å². The molecule has 5 fully saturated rings. The molecule has 2 amide bonds. The number of carbonyl (C=O) groups is 2. The van der Waals surface area contributed by atoms with Crippen LogP contribution in [0.1, 0.15) is 121 Å². The molecule has 5 saturated heterocycles.